The van der Waals surface area contributed by atoms with Crippen LogP contribution in [0.5, 0.6) is 11.5 Å². The van der Waals surface area contributed by atoms with Crippen molar-refractivity contribution in [2.75, 3.05) is 7.11 Å². The molecule has 2 aromatic carbocycles. The van der Waals surface area contributed by atoms with Gasteiger partial charge in [0.2, 0.25) is 0 Å². The van der Waals surface area contributed by atoms with Crippen molar-refractivity contribution in [1.29, 1.82) is 0 Å². The SMILES string of the molecule is COc1cc(/C=C/C(=O)c2ccccc2[N+](=O)[O-])ccc1O. The maximum atomic E-state index is 12.1. The van der Waals surface area contributed by atoms with Gasteiger partial charge >= 0.3 is 0 Å². The highest BCUT2D eigenvalue weighted by atomic mass is 16.6. The lowest BCUT2D eigenvalue weighted by atomic mass is 10.1. The summed E-state index contributed by atoms with van der Waals surface area (Å²) >= 11 is 0. The lowest BCUT2D eigenvalue weighted by Crippen LogP contribution is -2.00. The number of hydrogen-bond donors (Lipinski definition) is 1. The number of carbonyl (C=O) groups excluding carboxylic acids is 1. The Morgan fingerprint density at radius 1 is 1.27 bits per heavy atom. The van der Waals surface area contributed by atoms with E-state index in [0.29, 0.717) is 5.56 Å². The van der Waals surface area contributed by atoms with E-state index in [1.807, 2.05) is 0 Å². The Balaban J connectivity index is 2.27. The summed E-state index contributed by atoms with van der Waals surface area (Å²) in [4.78, 5) is 22.4. The quantitative estimate of drug-likeness (QED) is 0.396. The zero-order chi connectivity index (χ0) is 16.1. The molecule has 0 aromatic heterocycles. The Kier molecular flexibility index (Phi) is 4.53. The first kappa shape index (κ1) is 15.2. The largest absolute Gasteiger partial charge is 0.504 e. The Bertz CT molecular complexity index is 752. The van der Waals surface area contributed by atoms with Gasteiger partial charge in [-0.2, -0.15) is 0 Å². The number of aromatic hydroxyl groups is 1. The maximum Gasteiger partial charge on any atom is 0.280 e. The minimum absolute atomic E-state index is 0.00956. The summed E-state index contributed by atoms with van der Waals surface area (Å²) in [6.07, 6.45) is 2.75. The second-order valence-corrected chi connectivity index (χ2v) is 4.40. The minimum atomic E-state index is -0.593. The number of ether oxygens (including phenoxy) is 1. The first-order valence-electron chi connectivity index (χ1n) is 6.35. The number of phenolic OH excluding ortho intramolecular Hbond substituents is 1. The van der Waals surface area contributed by atoms with Gasteiger partial charge in [0.05, 0.1) is 17.6 Å². The van der Waals surface area contributed by atoms with Gasteiger partial charge in [0, 0.05) is 6.07 Å². The number of allylic oxidation sites excluding steroid dienone is 1. The van der Waals surface area contributed by atoms with Crippen LogP contribution in [0.4, 0.5) is 5.69 Å². The van der Waals surface area contributed by atoms with E-state index >= 15 is 0 Å². The van der Waals surface area contributed by atoms with Crippen molar-refractivity contribution < 1.29 is 19.6 Å². The van der Waals surface area contributed by atoms with E-state index in [1.165, 1.54) is 43.5 Å². The molecule has 0 radical (unpaired) electrons. The molecular formula is C16H13NO5. The van der Waals surface area contributed by atoms with E-state index in [2.05, 4.69) is 0 Å². The number of benzene rings is 2. The van der Waals surface area contributed by atoms with E-state index in [-0.39, 0.29) is 22.7 Å². The van der Waals surface area contributed by atoms with E-state index in [1.54, 1.807) is 18.2 Å². The van der Waals surface area contributed by atoms with Gasteiger partial charge in [-0.25, -0.2) is 0 Å². The molecule has 0 bridgehead atoms. The van der Waals surface area contributed by atoms with Gasteiger partial charge in [0.1, 0.15) is 0 Å². The molecular weight excluding hydrogens is 286 g/mol. The molecule has 0 fully saturated rings. The van der Waals surface area contributed by atoms with Crippen molar-refractivity contribution in [2.24, 2.45) is 0 Å². The van der Waals surface area contributed by atoms with Crippen LogP contribution in [0, 0.1) is 10.1 Å². The molecule has 0 aliphatic heterocycles. The third-order valence-electron chi connectivity index (χ3n) is 3.00. The Morgan fingerprint density at radius 2 is 2.00 bits per heavy atom. The fourth-order valence-electron chi connectivity index (χ4n) is 1.90. The van der Waals surface area contributed by atoms with Crippen molar-refractivity contribution in [2.45, 2.75) is 0 Å². The molecule has 1 N–H and O–H groups in total. The highest BCUT2D eigenvalue weighted by molar-refractivity contribution is 6.09. The molecule has 0 aliphatic carbocycles. The lowest BCUT2D eigenvalue weighted by Gasteiger charge is -2.03. The fraction of sp³-hybridized carbons (Fsp3) is 0.0625. The Morgan fingerprint density at radius 3 is 2.68 bits per heavy atom. The topological polar surface area (TPSA) is 89.7 Å². The van der Waals surface area contributed by atoms with Gasteiger partial charge in [-0.1, -0.05) is 24.3 Å². The fourth-order valence-corrected chi connectivity index (χ4v) is 1.90. The zero-order valence-corrected chi connectivity index (χ0v) is 11.7. The normalized spacial score (nSPS) is 10.6. The van der Waals surface area contributed by atoms with Gasteiger partial charge < -0.3 is 9.84 Å². The summed E-state index contributed by atoms with van der Waals surface area (Å²) in [7, 11) is 1.42. The molecule has 2 rings (SSSR count). The van der Waals surface area contributed by atoms with Crippen LogP contribution >= 0.6 is 0 Å². The van der Waals surface area contributed by atoms with Crippen LogP contribution in [0.25, 0.3) is 6.08 Å². The smallest absolute Gasteiger partial charge is 0.280 e. The molecule has 2 aromatic rings. The number of hydrogen-bond acceptors (Lipinski definition) is 5. The summed E-state index contributed by atoms with van der Waals surface area (Å²) in [5.74, 6) is -0.204. The van der Waals surface area contributed by atoms with Crippen LogP contribution in [0.1, 0.15) is 15.9 Å². The first-order chi connectivity index (χ1) is 10.5. The number of ketones is 1. The molecule has 0 saturated heterocycles. The average molecular weight is 299 g/mol. The van der Waals surface area contributed by atoms with Gasteiger partial charge in [-0.05, 0) is 29.8 Å². The third kappa shape index (κ3) is 3.29. The predicted molar refractivity (Wildman–Crippen MR) is 81.1 cm³/mol. The van der Waals surface area contributed by atoms with E-state index in [0.717, 1.165) is 0 Å². The van der Waals surface area contributed by atoms with E-state index < -0.39 is 10.7 Å². The van der Waals surface area contributed by atoms with Gasteiger partial charge in [0.15, 0.2) is 17.3 Å². The number of nitro groups is 1. The van der Waals surface area contributed by atoms with Gasteiger partial charge in [-0.15, -0.1) is 0 Å². The molecule has 0 saturated carbocycles. The molecule has 0 spiro atoms. The van der Waals surface area contributed by atoms with Crippen molar-refractivity contribution in [3.8, 4) is 11.5 Å². The summed E-state index contributed by atoms with van der Waals surface area (Å²) in [5, 5.41) is 20.4. The van der Waals surface area contributed by atoms with Crippen molar-refractivity contribution >= 4 is 17.5 Å². The minimum Gasteiger partial charge on any atom is -0.504 e. The van der Waals surface area contributed by atoms with Crippen LogP contribution in [-0.2, 0) is 0 Å². The van der Waals surface area contributed by atoms with Crippen molar-refractivity contribution in [1.82, 2.24) is 0 Å². The molecule has 0 atom stereocenters. The van der Waals surface area contributed by atoms with Crippen LogP contribution < -0.4 is 4.74 Å². The number of carbonyl (C=O) groups is 1. The van der Waals surface area contributed by atoms with Crippen LogP contribution in [-0.4, -0.2) is 22.9 Å². The second kappa shape index (κ2) is 6.53. The van der Waals surface area contributed by atoms with Crippen molar-refractivity contribution in [3.05, 3.63) is 69.8 Å². The number of nitro benzene ring substituents is 1. The van der Waals surface area contributed by atoms with Gasteiger partial charge in [0.25, 0.3) is 5.69 Å². The number of phenols is 1. The Hall–Kier alpha value is -3.15. The van der Waals surface area contributed by atoms with Crippen LogP contribution in [0.2, 0.25) is 0 Å². The van der Waals surface area contributed by atoms with E-state index in [9.17, 15) is 20.0 Å². The summed E-state index contributed by atoms with van der Waals surface area (Å²) in [5.41, 5.74) is 0.413. The Labute approximate surface area is 126 Å². The number of methoxy groups -OCH3 is 1. The second-order valence-electron chi connectivity index (χ2n) is 4.40. The van der Waals surface area contributed by atoms with Crippen LogP contribution in [0.3, 0.4) is 0 Å². The highest BCUT2D eigenvalue weighted by Crippen LogP contribution is 2.27. The maximum absolute atomic E-state index is 12.1. The monoisotopic (exact) mass is 299 g/mol. The van der Waals surface area contributed by atoms with Crippen LogP contribution in [0.15, 0.2) is 48.5 Å². The lowest BCUT2D eigenvalue weighted by molar-refractivity contribution is -0.385. The zero-order valence-electron chi connectivity index (χ0n) is 11.7. The number of rotatable bonds is 5. The molecule has 22 heavy (non-hydrogen) atoms. The molecule has 0 unspecified atom stereocenters. The average Bonchev–Trinajstić information content (AvgIpc) is 2.53. The summed E-state index contributed by atoms with van der Waals surface area (Å²) < 4.78 is 4.97. The standard InChI is InChI=1S/C16H13NO5/c1-22-16-10-11(7-9-15(16)19)6-8-14(18)12-4-2-3-5-13(12)17(20)21/h2-10,19H,1H3/b8-6+. The summed E-state index contributed by atoms with van der Waals surface area (Å²) in [6.45, 7) is 0. The molecule has 0 heterocycles. The molecule has 112 valence electrons. The molecule has 0 amide bonds. The number of para-hydroxylation sites is 1. The molecule has 6 heteroatoms. The summed E-state index contributed by atoms with van der Waals surface area (Å²) in [6, 6.07) is 10.3. The molecule has 6 nitrogen and oxygen atoms in total. The first-order valence-corrected chi connectivity index (χ1v) is 6.35. The van der Waals surface area contributed by atoms with Gasteiger partial charge in [-0.3, -0.25) is 14.9 Å². The highest BCUT2D eigenvalue weighted by Gasteiger charge is 2.16. The third-order valence-corrected chi connectivity index (χ3v) is 3.00. The number of nitrogens with zero attached hydrogens (tertiary/aromatic N) is 1. The predicted octanol–water partition coefficient (Wildman–Crippen LogP) is 3.21. The van der Waals surface area contributed by atoms with E-state index in [4.69, 9.17) is 4.74 Å². The van der Waals surface area contributed by atoms with Crippen molar-refractivity contribution in [3.63, 3.8) is 0 Å². The molecule has 0 aliphatic rings.